The van der Waals surface area contributed by atoms with E-state index in [4.69, 9.17) is 4.74 Å². The summed E-state index contributed by atoms with van der Waals surface area (Å²) in [6.07, 6.45) is 1.74. The summed E-state index contributed by atoms with van der Waals surface area (Å²) in [6, 6.07) is 13.0. The molecule has 2 aliphatic rings. The van der Waals surface area contributed by atoms with Gasteiger partial charge in [0.2, 0.25) is 0 Å². The number of ether oxygens (including phenoxy) is 1. The smallest absolute Gasteiger partial charge is 0.335 e. The SMILES string of the molecule is O=C(O)c1ccc2c(c1)CN(C(=O)c1cccc(C3CCOC3)c1)CC2. The molecule has 2 aliphatic heterocycles. The second-order valence-corrected chi connectivity index (χ2v) is 6.95. The van der Waals surface area contributed by atoms with Gasteiger partial charge in [-0.15, -0.1) is 0 Å². The van der Waals surface area contributed by atoms with E-state index in [0.717, 1.165) is 36.1 Å². The molecule has 26 heavy (non-hydrogen) atoms. The third kappa shape index (κ3) is 3.22. The lowest BCUT2D eigenvalue weighted by Crippen LogP contribution is -2.36. The van der Waals surface area contributed by atoms with Gasteiger partial charge in [0.25, 0.3) is 5.91 Å². The van der Waals surface area contributed by atoms with Crippen LogP contribution in [0.3, 0.4) is 0 Å². The van der Waals surface area contributed by atoms with Gasteiger partial charge in [0.05, 0.1) is 12.2 Å². The number of carboxylic acids is 1. The van der Waals surface area contributed by atoms with Crippen molar-refractivity contribution in [2.45, 2.75) is 25.3 Å². The fourth-order valence-corrected chi connectivity index (χ4v) is 3.77. The highest BCUT2D eigenvalue weighted by Gasteiger charge is 2.24. The maximum atomic E-state index is 13.0. The lowest BCUT2D eigenvalue weighted by atomic mass is 9.95. The molecular weight excluding hydrogens is 330 g/mol. The van der Waals surface area contributed by atoms with E-state index in [9.17, 15) is 14.7 Å². The molecule has 0 saturated carbocycles. The van der Waals surface area contributed by atoms with Crippen LogP contribution < -0.4 is 0 Å². The number of hydrogen-bond acceptors (Lipinski definition) is 3. The van der Waals surface area contributed by atoms with Gasteiger partial charge in [-0.25, -0.2) is 4.79 Å². The number of fused-ring (bicyclic) bond motifs is 1. The topological polar surface area (TPSA) is 66.8 Å². The molecule has 4 rings (SSSR count). The monoisotopic (exact) mass is 351 g/mol. The summed E-state index contributed by atoms with van der Waals surface area (Å²) in [5.41, 5.74) is 4.15. The number of carboxylic acid groups (broad SMARTS) is 1. The van der Waals surface area contributed by atoms with Crippen molar-refractivity contribution in [3.05, 3.63) is 70.3 Å². The number of aromatic carboxylic acids is 1. The van der Waals surface area contributed by atoms with E-state index >= 15 is 0 Å². The first-order valence-corrected chi connectivity index (χ1v) is 8.94. The molecule has 1 N–H and O–H groups in total. The Morgan fingerprint density at radius 1 is 1.08 bits per heavy atom. The summed E-state index contributed by atoms with van der Waals surface area (Å²) in [6.45, 7) is 2.59. The van der Waals surface area contributed by atoms with Gasteiger partial charge in [-0.2, -0.15) is 0 Å². The minimum Gasteiger partial charge on any atom is -0.478 e. The molecule has 1 amide bonds. The van der Waals surface area contributed by atoms with Crippen molar-refractivity contribution < 1.29 is 19.4 Å². The predicted molar refractivity (Wildman–Crippen MR) is 96.5 cm³/mol. The van der Waals surface area contributed by atoms with Crippen LogP contribution in [-0.4, -0.2) is 41.6 Å². The maximum Gasteiger partial charge on any atom is 0.335 e. The quantitative estimate of drug-likeness (QED) is 0.923. The highest BCUT2D eigenvalue weighted by Crippen LogP contribution is 2.27. The average molecular weight is 351 g/mol. The molecule has 2 aromatic carbocycles. The molecule has 1 unspecified atom stereocenters. The van der Waals surface area contributed by atoms with Gasteiger partial charge < -0.3 is 14.7 Å². The summed E-state index contributed by atoms with van der Waals surface area (Å²) in [4.78, 5) is 26.0. The highest BCUT2D eigenvalue weighted by molar-refractivity contribution is 5.94. The lowest BCUT2D eigenvalue weighted by molar-refractivity contribution is 0.0696. The minimum atomic E-state index is -0.942. The molecule has 1 saturated heterocycles. The van der Waals surface area contributed by atoms with E-state index in [1.807, 2.05) is 24.3 Å². The zero-order chi connectivity index (χ0) is 18.1. The first kappa shape index (κ1) is 16.8. The zero-order valence-electron chi connectivity index (χ0n) is 14.5. The number of amides is 1. The van der Waals surface area contributed by atoms with Crippen LogP contribution in [0.15, 0.2) is 42.5 Å². The molecule has 0 bridgehead atoms. The number of benzene rings is 2. The molecule has 5 nitrogen and oxygen atoms in total. The summed E-state index contributed by atoms with van der Waals surface area (Å²) < 4.78 is 5.45. The Labute approximate surface area is 152 Å². The normalized spacial score (nSPS) is 19.2. The van der Waals surface area contributed by atoms with Crippen molar-refractivity contribution in [2.75, 3.05) is 19.8 Å². The number of rotatable bonds is 3. The standard InChI is InChI=1S/C21H21NO4/c23-20(16-3-1-2-15(10-16)18-7-9-26-13-18)22-8-6-14-4-5-17(21(24)25)11-19(14)12-22/h1-5,10-11,18H,6-9,12-13H2,(H,24,25). The molecule has 1 atom stereocenters. The van der Waals surface area contributed by atoms with E-state index in [2.05, 4.69) is 6.07 Å². The fourth-order valence-electron chi connectivity index (χ4n) is 3.77. The van der Waals surface area contributed by atoms with Crippen molar-refractivity contribution in [1.82, 2.24) is 4.90 Å². The molecule has 0 radical (unpaired) electrons. The first-order chi connectivity index (χ1) is 12.6. The lowest BCUT2D eigenvalue weighted by Gasteiger charge is -2.29. The fraction of sp³-hybridized carbons (Fsp3) is 0.333. The van der Waals surface area contributed by atoms with Crippen LogP contribution in [0, 0.1) is 0 Å². The summed E-state index contributed by atoms with van der Waals surface area (Å²) >= 11 is 0. The zero-order valence-corrected chi connectivity index (χ0v) is 14.5. The van der Waals surface area contributed by atoms with Crippen LogP contribution in [0.5, 0.6) is 0 Å². The molecule has 5 heteroatoms. The van der Waals surface area contributed by atoms with Gasteiger partial charge in [0.1, 0.15) is 0 Å². The van der Waals surface area contributed by atoms with Crippen molar-refractivity contribution in [3.8, 4) is 0 Å². The van der Waals surface area contributed by atoms with Crippen LogP contribution in [0.2, 0.25) is 0 Å². The third-order valence-electron chi connectivity index (χ3n) is 5.29. The van der Waals surface area contributed by atoms with E-state index in [0.29, 0.717) is 31.2 Å². The Kier molecular flexibility index (Phi) is 4.47. The Morgan fingerprint density at radius 2 is 1.96 bits per heavy atom. The maximum absolute atomic E-state index is 13.0. The Bertz CT molecular complexity index is 855. The van der Waals surface area contributed by atoms with E-state index < -0.39 is 5.97 Å². The second kappa shape index (κ2) is 6.92. The summed E-state index contributed by atoms with van der Waals surface area (Å²) in [5.74, 6) is -0.581. The molecule has 134 valence electrons. The Morgan fingerprint density at radius 3 is 2.73 bits per heavy atom. The molecular formula is C21H21NO4. The molecule has 2 heterocycles. The third-order valence-corrected chi connectivity index (χ3v) is 5.29. The van der Waals surface area contributed by atoms with E-state index in [-0.39, 0.29) is 11.5 Å². The first-order valence-electron chi connectivity index (χ1n) is 8.94. The molecule has 2 aromatic rings. The van der Waals surface area contributed by atoms with Gasteiger partial charge in [-0.1, -0.05) is 18.2 Å². The van der Waals surface area contributed by atoms with Crippen molar-refractivity contribution in [3.63, 3.8) is 0 Å². The largest absolute Gasteiger partial charge is 0.478 e. The Balaban J connectivity index is 1.55. The number of hydrogen-bond donors (Lipinski definition) is 1. The number of nitrogens with zero attached hydrogens (tertiary/aromatic N) is 1. The average Bonchev–Trinajstić information content (AvgIpc) is 3.21. The van der Waals surface area contributed by atoms with Crippen LogP contribution >= 0.6 is 0 Å². The summed E-state index contributed by atoms with van der Waals surface area (Å²) in [5, 5.41) is 9.18. The van der Waals surface area contributed by atoms with Gasteiger partial charge >= 0.3 is 5.97 Å². The van der Waals surface area contributed by atoms with Gasteiger partial charge in [0.15, 0.2) is 0 Å². The minimum absolute atomic E-state index is 0.00265. The van der Waals surface area contributed by atoms with Crippen LogP contribution in [0.1, 0.15) is 49.7 Å². The van der Waals surface area contributed by atoms with E-state index in [1.165, 1.54) is 0 Å². The van der Waals surface area contributed by atoms with Crippen molar-refractivity contribution >= 4 is 11.9 Å². The van der Waals surface area contributed by atoms with E-state index in [1.54, 1.807) is 17.0 Å². The molecule has 0 aliphatic carbocycles. The van der Waals surface area contributed by atoms with Crippen LogP contribution in [0.4, 0.5) is 0 Å². The number of carbonyl (C=O) groups is 2. The second-order valence-electron chi connectivity index (χ2n) is 6.95. The van der Waals surface area contributed by atoms with Gasteiger partial charge in [-0.3, -0.25) is 4.79 Å². The van der Waals surface area contributed by atoms with Gasteiger partial charge in [0, 0.05) is 31.2 Å². The van der Waals surface area contributed by atoms with Gasteiger partial charge in [-0.05, 0) is 53.8 Å². The van der Waals surface area contributed by atoms with Crippen molar-refractivity contribution in [1.29, 1.82) is 0 Å². The number of carbonyl (C=O) groups excluding carboxylic acids is 1. The Hall–Kier alpha value is -2.66. The molecule has 0 spiro atoms. The van der Waals surface area contributed by atoms with Crippen molar-refractivity contribution in [2.24, 2.45) is 0 Å². The molecule has 0 aromatic heterocycles. The van der Waals surface area contributed by atoms with Crippen LogP contribution in [0.25, 0.3) is 0 Å². The molecule has 1 fully saturated rings. The predicted octanol–water partition coefficient (Wildman–Crippen LogP) is 3.09. The van der Waals surface area contributed by atoms with Crippen LogP contribution in [-0.2, 0) is 17.7 Å². The highest BCUT2D eigenvalue weighted by atomic mass is 16.5. The summed E-state index contributed by atoms with van der Waals surface area (Å²) in [7, 11) is 0.